The van der Waals surface area contributed by atoms with Crippen LogP contribution in [0, 0.1) is 0 Å². The summed E-state index contributed by atoms with van der Waals surface area (Å²) in [4.78, 5) is 12.4. The van der Waals surface area contributed by atoms with E-state index in [-0.39, 0.29) is 27.9 Å². The fourth-order valence-electron chi connectivity index (χ4n) is 2.23. The molecule has 0 bridgehead atoms. The molecule has 0 aromatic heterocycles. The average Bonchev–Trinajstić information content (AvgIpc) is 2.66. The first-order valence-electron chi connectivity index (χ1n) is 8.73. The van der Waals surface area contributed by atoms with Gasteiger partial charge < -0.3 is 10.1 Å². The van der Waals surface area contributed by atoms with Gasteiger partial charge in [-0.2, -0.15) is 13.2 Å². The van der Waals surface area contributed by atoms with Crippen molar-refractivity contribution in [2.45, 2.75) is 37.4 Å². The topological polar surface area (TPSA) is 84.5 Å². The van der Waals surface area contributed by atoms with Crippen LogP contribution in [0.15, 0.2) is 53.4 Å². The van der Waals surface area contributed by atoms with Gasteiger partial charge in [0.25, 0.3) is 5.91 Å². The Bertz CT molecular complexity index is 945. The summed E-state index contributed by atoms with van der Waals surface area (Å²) >= 11 is 0. The largest absolute Gasteiger partial charge is 0.484 e. The number of carbonyl (C=O) groups excluding carboxylic acids is 1. The molecule has 2 rings (SSSR count). The van der Waals surface area contributed by atoms with Gasteiger partial charge in [0.1, 0.15) is 5.75 Å². The first kappa shape index (κ1) is 22.7. The molecule has 1 atom stereocenters. The second kappa shape index (κ2) is 9.27. The van der Waals surface area contributed by atoms with Crippen LogP contribution in [0.1, 0.15) is 30.6 Å². The van der Waals surface area contributed by atoms with Crippen molar-refractivity contribution in [1.82, 2.24) is 4.72 Å². The summed E-state index contributed by atoms with van der Waals surface area (Å²) in [7, 11) is -3.69. The van der Waals surface area contributed by atoms with E-state index >= 15 is 0 Å². The number of carbonyl (C=O) groups is 1. The van der Waals surface area contributed by atoms with Crippen LogP contribution >= 0.6 is 0 Å². The van der Waals surface area contributed by atoms with E-state index in [1.807, 2.05) is 6.92 Å². The second-order valence-electron chi connectivity index (χ2n) is 6.34. The molecule has 0 aliphatic rings. The summed E-state index contributed by atoms with van der Waals surface area (Å²) in [5.41, 5.74) is 0.430. The molecule has 0 saturated carbocycles. The number of amides is 1. The predicted molar refractivity (Wildman–Crippen MR) is 102 cm³/mol. The van der Waals surface area contributed by atoms with Gasteiger partial charge in [-0.05, 0) is 49.7 Å². The van der Waals surface area contributed by atoms with Gasteiger partial charge in [-0.25, -0.2) is 13.1 Å². The van der Waals surface area contributed by atoms with Crippen molar-refractivity contribution in [3.63, 3.8) is 0 Å². The molecule has 1 amide bonds. The number of benzene rings is 2. The molecular weight excluding hydrogens is 409 g/mol. The zero-order valence-electron chi connectivity index (χ0n) is 15.8. The lowest BCUT2D eigenvalue weighted by Crippen LogP contribution is -2.32. The van der Waals surface area contributed by atoms with E-state index in [1.54, 1.807) is 6.92 Å². The molecule has 0 radical (unpaired) electrons. The number of nitrogens with one attached hydrogen (secondary N) is 2. The fourth-order valence-corrected chi connectivity index (χ4v) is 3.56. The van der Waals surface area contributed by atoms with Crippen LogP contribution in [0.5, 0.6) is 5.75 Å². The number of rotatable bonds is 8. The summed E-state index contributed by atoms with van der Waals surface area (Å²) in [5, 5.41) is 2.53. The van der Waals surface area contributed by atoms with Crippen molar-refractivity contribution in [3.8, 4) is 5.75 Å². The Hall–Kier alpha value is -2.59. The molecule has 10 heteroatoms. The van der Waals surface area contributed by atoms with Gasteiger partial charge in [0, 0.05) is 23.4 Å². The maximum absolute atomic E-state index is 12.3. The Morgan fingerprint density at radius 3 is 2.38 bits per heavy atom. The van der Waals surface area contributed by atoms with Gasteiger partial charge in [-0.3, -0.25) is 4.79 Å². The molecule has 0 fully saturated rings. The molecule has 0 aliphatic carbocycles. The number of sulfonamides is 1. The lowest BCUT2D eigenvalue weighted by molar-refractivity contribution is -0.153. The van der Waals surface area contributed by atoms with E-state index in [2.05, 4.69) is 14.8 Å². The van der Waals surface area contributed by atoms with Crippen LogP contribution in [0.25, 0.3) is 0 Å². The second-order valence-corrected chi connectivity index (χ2v) is 8.05. The Morgan fingerprint density at radius 2 is 1.79 bits per heavy atom. The lowest BCUT2D eigenvalue weighted by atomic mass is 10.2. The van der Waals surface area contributed by atoms with Crippen LogP contribution in [0.4, 0.5) is 18.9 Å². The molecular formula is C19H21F3N2O4S. The Balaban J connectivity index is 2.06. The molecule has 6 nitrogen and oxygen atoms in total. The third-order valence-corrected chi connectivity index (χ3v) is 5.50. The number of anilines is 1. The molecule has 2 N–H and O–H groups in total. The van der Waals surface area contributed by atoms with Gasteiger partial charge in [-0.15, -0.1) is 0 Å². The number of alkyl halides is 3. The van der Waals surface area contributed by atoms with Gasteiger partial charge in [0.05, 0.1) is 4.90 Å². The van der Waals surface area contributed by atoms with Crippen LogP contribution in [-0.4, -0.2) is 33.1 Å². The smallest absolute Gasteiger partial charge is 0.422 e. The van der Waals surface area contributed by atoms with Crippen LogP contribution in [0.2, 0.25) is 0 Å². The summed E-state index contributed by atoms with van der Waals surface area (Å²) in [6.07, 6.45) is -3.84. The zero-order valence-corrected chi connectivity index (χ0v) is 16.6. The highest BCUT2D eigenvalue weighted by Gasteiger charge is 2.28. The van der Waals surface area contributed by atoms with Crippen molar-refractivity contribution in [2.24, 2.45) is 0 Å². The first-order chi connectivity index (χ1) is 13.5. The molecule has 0 heterocycles. The molecule has 1 unspecified atom stereocenters. The summed E-state index contributed by atoms with van der Waals surface area (Å²) < 4.78 is 68.3. The summed E-state index contributed by atoms with van der Waals surface area (Å²) in [6.45, 7) is 2.15. The number of ether oxygens (including phenoxy) is 1. The van der Waals surface area contributed by atoms with E-state index in [1.165, 1.54) is 48.5 Å². The third-order valence-electron chi connectivity index (χ3n) is 3.89. The lowest BCUT2D eigenvalue weighted by Gasteiger charge is -2.13. The van der Waals surface area contributed by atoms with Crippen molar-refractivity contribution < 1.29 is 31.1 Å². The summed E-state index contributed by atoms with van der Waals surface area (Å²) in [5.74, 6) is -0.588. The maximum Gasteiger partial charge on any atom is 0.422 e. The first-order valence-corrected chi connectivity index (χ1v) is 10.2. The normalized spacial score (nSPS) is 13.0. The highest BCUT2D eigenvalue weighted by Crippen LogP contribution is 2.22. The van der Waals surface area contributed by atoms with Gasteiger partial charge >= 0.3 is 6.18 Å². The monoisotopic (exact) mass is 430 g/mol. The molecule has 2 aromatic rings. The molecule has 158 valence electrons. The quantitative estimate of drug-likeness (QED) is 0.664. The van der Waals surface area contributed by atoms with Crippen LogP contribution in [-0.2, 0) is 10.0 Å². The highest BCUT2D eigenvalue weighted by atomic mass is 32.2. The predicted octanol–water partition coefficient (Wildman–Crippen LogP) is 3.96. The van der Waals surface area contributed by atoms with Gasteiger partial charge in [0.2, 0.25) is 10.0 Å². The van der Waals surface area contributed by atoms with Gasteiger partial charge in [-0.1, -0.05) is 13.0 Å². The third kappa shape index (κ3) is 7.06. The van der Waals surface area contributed by atoms with E-state index in [0.29, 0.717) is 6.42 Å². The van der Waals surface area contributed by atoms with Gasteiger partial charge in [0.15, 0.2) is 6.61 Å². The van der Waals surface area contributed by atoms with Crippen molar-refractivity contribution in [2.75, 3.05) is 11.9 Å². The number of hydrogen-bond acceptors (Lipinski definition) is 4. The maximum atomic E-state index is 12.3. The van der Waals surface area contributed by atoms with E-state index in [0.717, 1.165) is 0 Å². The van der Waals surface area contributed by atoms with Crippen molar-refractivity contribution >= 4 is 21.6 Å². The fraction of sp³-hybridized carbons (Fsp3) is 0.316. The van der Waals surface area contributed by atoms with Crippen molar-refractivity contribution in [3.05, 3.63) is 54.1 Å². The Morgan fingerprint density at radius 1 is 1.14 bits per heavy atom. The molecule has 29 heavy (non-hydrogen) atoms. The summed E-state index contributed by atoms with van der Waals surface area (Å²) in [6, 6.07) is 10.6. The molecule has 2 aromatic carbocycles. The van der Waals surface area contributed by atoms with E-state index < -0.39 is 28.7 Å². The molecule has 0 spiro atoms. The highest BCUT2D eigenvalue weighted by molar-refractivity contribution is 7.89. The standard InChI is InChI=1S/C19H21F3N2O4S/c1-3-13(2)24-29(26,27)17-9-7-14(8-10-17)18(25)23-15-5-4-6-16(11-15)28-12-19(20,21)22/h4-11,13,24H,3,12H2,1-2H3,(H,23,25). The molecule has 0 aliphatic heterocycles. The minimum Gasteiger partial charge on any atom is -0.484 e. The SMILES string of the molecule is CCC(C)NS(=O)(=O)c1ccc(C(=O)Nc2cccc(OCC(F)(F)F)c2)cc1. The minimum atomic E-state index is -4.47. The van der Waals surface area contributed by atoms with E-state index in [9.17, 15) is 26.4 Å². The minimum absolute atomic E-state index is 0.0249. The zero-order chi connectivity index (χ0) is 21.7. The van der Waals surface area contributed by atoms with Crippen molar-refractivity contribution in [1.29, 1.82) is 0 Å². The number of halogens is 3. The Labute approximate surface area is 167 Å². The Kier molecular flexibility index (Phi) is 7.26. The molecule has 0 saturated heterocycles. The van der Waals surface area contributed by atoms with Crippen LogP contribution in [0.3, 0.4) is 0 Å². The van der Waals surface area contributed by atoms with E-state index in [4.69, 9.17) is 0 Å². The van der Waals surface area contributed by atoms with Crippen LogP contribution < -0.4 is 14.8 Å². The average molecular weight is 430 g/mol. The number of hydrogen-bond donors (Lipinski definition) is 2.